The Bertz CT molecular complexity index is 1300. The third kappa shape index (κ3) is 5.26. The molecule has 0 saturated heterocycles. The highest BCUT2D eigenvalue weighted by molar-refractivity contribution is 6.05. The summed E-state index contributed by atoms with van der Waals surface area (Å²) in [5, 5.41) is 16.4. The van der Waals surface area contributed by atoms with Gasteiger partial charge in [0.15, 0.2) is 0 Å². The van der Waals surface area contributed by atoms with Crippen molar-refractivity contribution in [2.45, 2.75) is 20.1 Å². The van der Waals surface area contributed by atoms with Crippen LogP contribution in [0.3, 0.4) is 0 Å². The standard InChI is InChI=1S/C23H20F2N6O3/c1-2-31-20(10-11-26-31)22(33)28-16-5-3-4-15(12-16)27-21(32)19-13-18(29-30-19)14-6-8-17(9-7-14)34-23(24)25/h3-13,23H,2H2,1H3,(H,27,32)(H,28,33)(H,29,30). The van der Waals surface area contributed by atoms with E-state index >= 15 is 0 Å². The van der Waals surface area contributed by atoms with Gasteiger partial charge in [0.25, 0.3) is 11.8 Å². The van der Waals surface area contributed by atoms with Crippen LogP contribution >= 0.6 is 0 Å². The Morgan fingerprint density at radius 1 is 1.03 bits per heavy atom. The zero-order valence-corrected chi connectivity index (χ0v) is 18.0. The minimum Gasteiger partial charge on any atom is -0.435 e. The molecule has 0 saturated carbocycles. The summed E-state index contributed by atoms with van der Waals surface area (Å²) in [6, 6.07) is 15.8. The summed E-state index contributed by atoms with van der Waals surface area (Å²) in [6.07, 6.45) is 1.55. The molecule has 2 aromatic carbocycles. The maximum Gasteiger partial charge on any atom is 0.387 e. The topological polar surface area (TPSA) is 114 Å². The average Bonchev–Trinajstić information content (AvgIpc) is 3.49. The van der Waals surface area contributed by atoms with Gasteiger partial charge in [0.05, 0.1) is 5.69 Å². The molecule has 2 aromatic heterocycles. The molecule has 9 nitrogen and oxygen atoms in total. The van der Waals surface area contributed by atoms with Gasteiger partial charge in [-0.05, 0) is 61.5 Å². The summed E-state index contributed by atoms with van der Waals surface area (Å²) in [5.74, 6) is -0.728. The molecule has 4 aromatic rings. The first-order chi connectivity index (χ1) is 16.4. The molecule has 0 fully saturated rings. The summed E-state index contributed by atoms with van der Waals surface area (Å²) in [4.78, 5) is 25.2. The smallest absolute Gasteiger partial charge is 0.387 e. The van der Waals surface area contributed by atoms with Crippen molar-refractivity contribution in [3.8, 4) is 17.0 Å². The summed E-state index contributed by atoms with van der Waals surface area (Å²) in [5.41, 5.74) is 2.68. The summed E-state index contributed by atoms with van der Waals surface area (Å²) < 4.78 is 30.5. The van der Waals surface area contributed by atoms with Gasteiger partial charge in [-0.1, -0.05) is 6.07 Å². The van der Waals surface area contributed by atoms with Gasteiger partial charge < -0.3 is 15.4 Å². The van der Waals surface area contributed by atoms with E-state index < -0.39 is 12.5 Å². The number of alkyl halides is 2. The number of carbonyl (C=O) groups excluding carboxylic acids is 2. The molecule has 174 valence electrons. The van der Waals surface area contributed by atoms with Crippen molar-refractivity contribution < 1.29 is 23.1 Å². The van der Waals surface area contributed by atoms with E-state index in [2.05, 4.69) is 30.7 Å². The van der Waals surface area contributed by atoms with E-state index in [-0.39, 0.29) is 17.4 Å². The lowest BCUT2D eigenvalue weighted by atomic mass is 10.1. The van der Waals surface area contributed by atoms with E-state index in [4.69, 9.17) is 0 Å². The SMILES string of the molecule is CCn1nccc1C(=O)Nc1cccc(NC(=O)c2cc(-c3ccc(OC(F)F)cc3)n[nH]2)c1. The molecule has 2 heterocycles. The summed E-state index contributed by atoms with van der Waals surface area (Å²) >= 11 is 0. The molecule has 0 aliphatic heterocycles. The number of ether oxygens (including phenoxy) is 1. The van der Waals surface area contributed by atoms with E-state index in [0.29, 0.717) is 34.9 Å². The van der Waals surface area contributed by atoms with Gasteiger partial charge in [-0.15, -0.1) is 0 Å². The van der Waals surface area contributed by atoms with Crippen LogP contribution in [0.5, 0.6) is 5.75 Å². The highest BCUT2D eigenvalue weighted by atomic mass is 19.3. The highest BCUT2D eigenvalue weighted by Crippen LogP contribution is 2.23. The van der Waals surface area contributed by atoms with Crippen LogP contribution in [0.15, 0.2) is 66.9 Å². The number of rotatable bonds is 8. The Balaban J connectivity index is 1.41. The van der Waals surface area contributed by atoms with E-state index in [1.807, 2.05) is 6.92 Å². The van der Waals surface area contributed by atoms with Crippen LogP contribution in [0.25, 0.3) is 11.3 Å². The number of carbonyl (C=O) groups is 2. The van der Waals surface area contributed by atoms with Crippen molar-refractivity contribution in [3.05, 3.63) is 78.2 Å². The number of amides is 2. The minimum absolute atomic E-state index is 0.0263. The zero-order chi connectivity index (χ0) is 24.1. The molecular weight excluding hydrogens is 446 g/mol. The lowest BCUT2D eigenvalue weighted by Crippen LogP contribution is -2.17. The van der Waals surface area contributed by atoms with E-state index in [0.717, 1.165) is 0 Å². The number of nitrogens with zero attached hydrogens (tertiary/aromatic N) is 3. The minimum atomic E-state index is -2.90. The maximum atomic E-state index is 12.7. The van der Waals surface area contributed by atoms with E-state index in [1.165, 1.54) is 18.2 Å². The molecule has 0 aliphatic carbocycles. The number of nitrogens with one attached hydrogen (secondary N) is 3. The van der Waals surface area contributed by atoms with Gasteiger partial charge in [-0.25, -0.2) is 0 Å². The highest BCUT2D eigenvalue weighted by Gasteiger charge is 2.14. The zero-order valence-electron chi connectivity index (χ0n) is 18.0. The molecule has 0 bridgehead atoms. The molecule has 3 N–H and O–H groups in total. The number of aryl methyl sites for hydroxylation is 1. The number of hydrogen-bond donors (Lipinski definition) is 3. The van der Waals surface area contributed by atoms with Gasteiger partial charge >= 0.3 is 6.61 Å². The third-order valence-electron chi connectivity index (χ3n) is 4.82. The van der Waals surface area contributed by atoms with Crippen LogP contribution in [-0.4, -0.2) is 38.4 Å². The fourth-order valence-corrected chi connectivity index (χ4v) is 3.24. The molecule has 4 rings (SSSR count). The van der Waals surface area contributed by atoms with Crippen LogP contribution < -0.4 is 15.4 Å². The van der Waals surface area contributed by atoms with Crippen molar-refractivity contribution in [2.75, 3.05) is 10.6 Å². The Labute approximate surface area is 192 Å². The second-order valence-corrected chi connectivity index (χ2v) is 7.09. The van der Waals surface area contributed by atoms with Crippen LogP contribution in [0.4, 0.5) is 20.2 Å². The monoisotopic (exact) mass is 466 g/mol. The first-order valence-corrected chi connectivity index (χ1v) is 10.3. The molecule has 0 radical (unpaired) electrons. The number of hydrogen-bond acceptors (Lipinski definition) is 5. The third-order valence-corrected chi connectivity index (χ3v) is 4.82. The number of halogens is 2. The fourth-order valence-electron chi connectivity index (χ4n) is 3.24. The summed E-state index contributed by atoms with van der Waals surface area (Å²) in [6.45, 7) is -0.457. The Morgan fingerprint density at radius 3 is 2.41 bits per heavy atom. The maximum absolute atomic E-state index is 12.7. The summed E-state index contributed by atoms with van der Waals surface area (Å²) in [7, 11) is 0. The van der Waals surface area contributed by atoms with Gasteiger partial charge in [0, 0.05) is 29.7 Å². The van der Waals surface area contributed by atoms with Gasteiger partial charge in [-0.3, -0.25) is 19.4 Å². The Morgan fingerprint density at radius 2 is 1.74 bits per heavy atom. The van der Waals surface area contributed by atoms with Crippen molar-refractivity contribution in [1.82, 2.24) is 20.0 Å². The van der Waals surface area contributed by atoms with Gasteiger partial charge in [-0.2, -0.15) is 19.0 Å². The lowest BCUT2D eigenvalue weighted by Gasteiger charge is -2.09. The number of H-pyrrole nitrogens is 1. The van der Waals surface area contributed by atoms with E-state index in [1.54, 1.807) is 53.3 Å². The number of aromatic amines is 1. The Kier molecular flexibility index (Phi) is 6.62. The van der Waals surface area contributed by atoms with Crippen molar-refractivity contribution in [3.63, 3.8) is 0 Å². The molecule has 0 unspecified atom stereocenters. The molecule has 2 amide bonds. The lowest BCUT2D eigenvalue weighted by molar-refractivity contribution is -0.0498. The number of benzene rings is 2. The molecule has 0 atom stereocenters. The normalized spacial score (nSPS) is 10.8. The second-order valence-electron chi connectivity index (χ2n) is 7.09. The van der Waals surface area contributed by atoms with Crippen LogP contribution in [0, 0.1) is 0 Å². The van der Waals surface area contributed by atoms with Crippen LogP contribution in [-0.2, 0) is 6.54 Å². The van der Waals surface area contributed by atoms with Gasteiger partial charge in [0.2, 0.25) is 0 Å². The van der Waals surface area contributed by atoms with Crippen molar-refractivity contribution >= 4 is 23.2 Å². The molecule has 11 heteroatoms. The van der Waals surface area contributed by atoms with Gasteiger partial charge in [0.1, 0.15) is 17.1 Å². The largest absolute Gasteiger partial charge is 0.435 e. The first kappa shape index (κ1) is 22.6. The predicted molar refractivity (Wildman–Crippen MR) is 121 cm³/mol. The quantitative estimate of drug-likeness (QED) is 0.356. The predicted octanol–water partition coefficient (Wildman–Crippen LogP) is 4.40. The van der Waals surface area contributed by atoms with Crippen molar-refractivity contribution in [2.24, 2.45) is 0 Å². The molecule has 0 spiro atoms. The second kappa shape index (κ2) is 9.94. The van der Waals surface area contributed by atoms with E-state index in [9.17, 15) is 18.4 Å². The van der Waals surface area contributed by atoms with Crippen LogP contribution in [0.1, 0.15) is 27.9 Å². The first-order valence-electron chi connectivity index (χ1n) is 10.3. The molecule has 34 heavy (non-hydrogen) atoms. The molecule has 0 aliphatic rings. The Hall–Kier alpha value is -4.54. The van der Waals surface area contributed by atoms with Crippen LogP contribution in [0.2, 0.25) is 0 Å². The fraction of sp³-hybridized carbons (Fsp3) is 0.130. The number of aromatic nitrogens is 4. The van der Waals surface area contributed by atoms with Crippen molar-refractivity contribution in [1.29, 1.82) is 0 Å². The number of anilines is 2. The average molecular weight is 466 g/mol. The molecular formula is C23H20F2N6O3.